The maximum atomic E-state index is 13.5. The van der Waals surface area contributed by atoms with Crippen LogP contribution in [0.4, 0.5) is 13.2 Å². The van der Waals surface area contributed by atoms with Gasteiger partial charge in [-0.2, -0.15) is 17.9 Å². The van der Waals surface area contributed by atoms with E-state index in [2.05, 4.69) is 15.1 Å². The largest absolute Gasteiger partial charge is 0.481 e. The predicted octanol–water partition coefficient (Wildman–Crippen LogP) is 4.93. The molecule has 0 fully saturated rings. The Morgan fingerprint density at radius 1 is 1.18 bits per heavy atom. The van der Waals surface area contributed by atoms with Crippen molar-refractivity contribution in [2.75, 3.05) is 7.11 Å². The second-order valence-electron chi connectivity index (χ2n) is 7.82. The van der Waals surface area contributed by atoms with Crippen molar-refractivity contribution in [2.45, 2.75) is 39.3 Å². The van der Waals surface area contributed by atoms with E-state index in [-0.39, 0.29) is 62.1 Å². The highest BCUT2D eigenvalue weighted by Crippen LogP contribution is 2.43. The zero-order valence-electron chi connectivity index (χ0n) is 20.1. The Balaban J connectivity index is 1.99. The monoisotopic (exact) mass is 573 g/mol. The molecule has 15 heteroatoms. The molecule has 3 heterocycles. The number of alkyl halides is 3. The molecule has 0 aliphatic rings. The van der Waals surface area contributed by atoms with Crippen LogP contribution in [-0.4, -0.2) is 48.8 Å². The van der Waals surface area contributed by atoms with Crippen LogP contribution in [0.3, 0.4) is 0 Å². The molecule has 0 saturated heterocycles. The summed E-state index contributed by atoms with van der Waals surface area (Å²) in [7, 11) is 1.38. The third-order valence-corrected chi connectivity index (χ3v) is 6.17. The van der Waals surface area contributed by atoms with E-state index in [9.17, 15) is 23.1 Å². The van der Waals surface area contributed by atoms with Crippen LogP contribution in [0.15, 0.2) is 35.4 Å². The first kappa shape index (κ1) is 27.5. The number of fused-ring (bicyclic) bond motifs is 1. The minimum Gasteiger partial charge on any atom is -0.481 e. The molecule has 0 bridgehead atoms. The van der Waals surface area contributed by atoms with Crippen LogP contribution in [-0.2, 0) is 13.2 Å². The average Bonchev–Trinajstić information content (AvgIpc) is 3.21. The van der Waals surface area contributed by atoms with Gasteiger partial charge in [0.25, 0.3) is 0 Å². The first-order valence-corrected chi connectivity index (χ1v) is 11.8. The van der Waals surface area contributed by atoms with Crippen molar-refractivity contribution in [1.82, 2.24) is 24.3 Å². The molecule has 1 N–H and O–H groups in total. The molecular weight excluding hydrogens is 554 g/mol. The van der Waals surface area contributed by atoms with Crippen LogP contribution in [0.5, 0.6) is 23.3 Å². The van der Waals surface area contributed by atoms with Crippen molar-refractivity contribution in [3.8, 4) is 28.9 Å². The summed E-state index contributed by atoms with van der Waals surface area (Å²) in [6.07, 6.45) is -4.40. The van der Waals surface area contributed by atoms with Crippen LogP contribution in [0, 0.1) is 0 Å². The van der Waals surface area contributed by atoms with E-state index >= 15 is 0 Å². The van der Waals surface area contributed by atoms with Crippen LogP contribution in [0.1, 0.15) is 19.7 Å². The van der Waals surface area contributed by atoms with E-state index in [1.165, 1.54) is 36.2 Å². The summed E-state index contributed by atoms with van der Waals surface area (Å²) in [5.41, 5.74) is -0.731. The normalized spacial score (nSPS) is 12.6. The number of ether oxygens (including phenoxy) is 3. The zero-order valence-corrected chi connectivity index (χ0v) is 21.6. The summed E-state index contributed by atoms with van der Waals surface area (Å²) in [4.78, 5) is 21.1. The Kier molecular flexibility index (Phi) is 7.72. The molecule has 3 aromatic heterocycles. The van der Waals surface area contributed by atoms with Crippen LogP contribution in [0.25, 0.3) is 16.5 Å². The molecular formula is C23H20Cl2F3N5O5. The van der Waals surface area contributed by atoms with E-state index in [0.29, 0.717) is 0 Å². The average molecular weight is 574 g/mol. The van der Waals surface area contributed by atoms with Gasteiger partial charge in [-0.05, 0) is 19.9 Å². The molecule has 0 saturated carbocycles. The second-order valence-corrected chi connectivity index (χ2v) is 8.61. The molecule has 4 aromatic rings. The molecule has 0 aliphatic heterocycles. The molecule has 4 rings (SSSR count). The standard InChI is InChI=1S/C23H20Cl2F3N5O5/c1-4-32-17(10-34)31-33(22(32)35)14-7-16(37-11(2)23(26,27)28)19-12(20(14)25)5-6-29-21(19)38-15-8-18(36-3)30-9-13(15)24/h5-9,11,34H,4,10H2,1-3H3/t11-/m0/s1. The van der Waals surface area contributed by atoms with Crippen molar-refractivity contribution in [3.63, 3.8) is 0 Å². The Morgan fingerprint density at radius 2 is 1.92 bits per heavy atom. The minimum absolute atomic E-state index is 0.0189. The highest BCUT2D eigenvalue weighted by Gasteiger charge is 2.39. The quantitative estimate of drug-likeness (QED) is 0.316. The summed E-state index contributed by atoms with van der Waals surface area (Å²) in [5, 5.41) is 13.9. The van der Waals surface area contributed by atoms with Crippen molar-refractivity contribution in [2.24, 2.45) is 0 Å². The second kappa shape index (κ2) is 10.7. The van der Waals surface area contributed by atoms with Gasteiger partial charge in [-0.25, -0.2) is 14.8 Å². The SMILES string of the molecule is CCn1c(CO)nn(-c2cc(O[C@@H](C)C(F)(F)F)c3c(Oc4cc(OC)ncc4Cl)nccc3c2Cl)c1=O. The van der Waals surface area contributed by atoms with Gasteiger partial charge in [0.05, 0.1) is 29.4 Å². The van der Waals surface area contributed by atoms with E-state index < -0.39 is 24.6 Å². The highest BCUT2D eigenvalue weighted by atomic mass is 35.5. The Morgan fingerprint density at radius 3 is 2.53 bits per heavy atom. The fourth-order valence-corrected chi connectivity index (χ4v) is 4.00. The lowest BCUT2D eigenvalue weighted by molar-refractivity contribution is -0.189. The van der Waals surface area contributed by atoms with Crippen molar-refractivity contribution >= 4 is 34.0 Å². The van der Waals surface area contributed by atoms with Gasteiger partial charge < -0.3 is 19.3 Å². The molecule has 0 amide bonds. The number of hydrogen-bond donors (Lipinski definition) is 1. The number of rotatable bonds is 8. The molecule has 0 aliphatic carbocycles. The molecule has 202 valence electrons. The van der Waals surface area contributed by atoms with Gasteiger partial charge in [-0.3, -0.25) is 4.57 Å². The molecule has 0 spiro atoms. The zero-order chi connectivity index (χ0) is 27.8. The number of aliphatic hydroxyl groups is 1. The topological polar surface area (TPSA) is 114 Å². The van der Waals surface area contributed by atoms with Gasteiger partial charge in [0, 0.05) is 30.3 Å². The van der Waals surface area contributed by atoms with E-state index in [0.717, 1.165) is 17.7 Å². The maximum Gasteiger partial charge on any atom is 0.425 e. The highest BCUT2D eigenvalue weighted by molar-refractivity contribution is 6.38. The number of aliphatic hydroxyl groups excluding tert-OH is 1. The lowest BCUT2D eigenvalue weighted by Gasteiger charge is -2.21. The lowest BCUT2D eigenvalue weighted by Crippen LogP contribution is -2.31. The van der Waals surface area contributed by atoms with Gasteiger partial charge in [-0.15, -0.1) is 5.10 Å². The number of nitrogens with zero attached hydrogens (tertiary/aromatic N) is 5. The van der Waals surface area contributed by atoms with Crippen molar-refractivity contribution in [3.05, 3.63) is 56.9 Å². The van der Waals surface area contributed by atoms with Crippen molar-refractivity contribution < 1.29 is 32.5 Å². The Hall–Kier alpha value is -3.55. The minimum atomic E-state index is -4.72. The van der Waals surface area contributed by atoms with E-state index in [1.807, 2.05) is 0 Å². The summed E-state index contributed by atoms with van der Waals surface area (Å²) in [6.45, 7) is 2.13. The van der Waals surface area contributed by atoms with Gasteiger partial charge in [0.2, 0.25) is 11.8 Å². The maximum absolute atomic E-state index is 13.5. The van der Waals surface area contributed by atoms with Gasteiger partial charge in [-0.1, -0.05) is 23.2 Å². The number of pyridine rings is 2. The smallest absolute Gasteiger partial charge is 0.425 e. The molecule has 0 unspecified atom stereocenters. The van der Waals surface area contributed by atoms with Crippen molar-refractivity contribution in [1.29, 1.82) is 0 Å². The Labute approximate surface area is 223 Å². The fraction of sp³-hybridized carbons (Fsp3) is 0.304. The summed E-state index contributed by atoms with van der Waals surface area (Å²) < 4.78 is 58.8. The number of aromatic nitrogens is 5. The molecule has 38 heavy (non-hydrogen) atoms. The Bertz CT molecular complexity index is 1560. The van der Waals surface area contributed by atoms with Gasteiger partial charge in [0.15, 0.2) is 17.7 Å². The summed E-state index contributed by atoms with van der Waals surface area (Å²) in [5.74, 6) is -0.262. The van der Waals surface area contributed by atoms with Crippen LogP contribution >= 0.6 is 23.2 Å². The predicted molar refractivity (Wildman–Crippen MR) is 132 cm³/mol. The van der Waals surface area contributed by atoms with Gasteiger partial charge in [0.1, 0.15) is 17.4 Å². The molecule has 1 aromatic carbocycles. The molecule has 0 radical (unpaired) electrons. The number of hydrogen-bond acceptors (Lipinski definition) is 8. The fourth-order valence-electron chi connectivity index (χ4n) is 3.57. The third kappa shape index (κ3) is 5.08. The third-order valence-electron chi connectivity index (χ3n) is 5.49. The first-order chi connectivity index (χ1) is 18.0. The van der Waals surface area contributed by atoms with Crippen LogP contribution in [0.2, 0.25) is 10.0 Å². The summed E-state index contributed by atoms with van der Waals surface area (Å²) in [6, 6.07) is 3.92. The number of halogens is 5. The van der Waals surface area contributed by atoms with Crippen LogP contribution < -0.4 is 19.9 Å². The lowest BCUT2D eigenvalue weighted by atomic mass is 10.1. The molecule has 10 nitrogen and oxygen atoms in total. The molecule has 1 atom stereocenters. The number of benzene rings is 1. The van der Waals surface area contributed by atoms with E-state index in [1.54, 1.807) is 6.92 Å². The summed E-state index contributed by atoms with van der Waals surface area (Å²) >= 11 is 12.9. The number of methoxy groups -OCH3 is 1. The van der Waals surface area contributed by atoms with Gasteiger partial charge >= 0.3 is 11.9 Å². The van der Waals surface area contributed by atoms with E-state index in [4.69, 9.17) is 37.4 Å². The first-order valence-electron chi connectivity index (χ1n) is 11.0.